The first-order chi connectivity index (χ1) is 12.8. The molecular formula is C21H32O5. The SMILES string of the molecule is CCCCCCCCOC1=C(O)c2c(OCCCCO)cccc2OC1. The van der Waals surface area contributed by atoms with Crippen LogP contribution >= 0.6 is 0 Å². The number of unbranched alkanes of at least 4 members (excludes halogenated alkanes) is 6. The summed E-state index contributed by atoms with van der Waals surface area (Å²) in [5.41, 5.74) is 0.556. The molecule has 5 heteroatoms. The molecule has 0 aliphatic carbocycles. The molecule has 0 bridgehead atoms. The van der Waals surface area contributed by atoms with Gasteiger partial charge in [0.05, 0.1) is 13.2 Å². The average Bonchev–Trinajstić information content (AvgIpc) is 2.66. The van der Waals surface area contributed by atoms with Gasteiger partial charge < -0.3 is 24.4 Å². The van der Waals surface area contributed by atoms with Crippen molar-refractivity contribution in [1.82, 2.24) is 0 Å². The van der Waals surface area contributed by atoms with Crippen LogP contribution in [0.2, 0.25) is 0 Å². The number of benzene rings is 1. The Labute approximate surface area is 156 Å². The van der Waals surface area contributed by atoms with Gasteiger partial charge in [0.2, 0.25) is 0 Å². The normalized spacial score (nSPS) is 13.3. The number of fused-ring (bicyclic) bond motifs is 1. The molecule has 0 spiro atoms. The van der Waals surface area contributed by atoms with E-state index in [4.69, 9.17) is 19.3 Å². The second-order valence-electron chi connectivity index (χ2n) is 6.59. The lowest BCUT2D eigenvalue weighted by atomic mass is 10.1. The van der Waals surface area contributed by atoms with Crippen molar-refractivity contribution in [2.75, 3.05) is 26.4 Å². The quantitative estimate of drug-likeness (QED) is 0.491. The van der Waals surface area contributed by atoms with Crippen LogP contribution in [-0.2, 0) is 4.74 Å². The molecule has 0 aromatic heterocycles. The number of ether oxygens (including phenoxy) is 3. The van der Waals surface area contributed by atoms with Gasteiger partial charge in [-0.25, -0.2) is 0 Å². The second kappa shape index (κ2) is 11.7. The van der Waals surface area contributed by atoms with Crippen LogP contribution in [0.4, 0.5) is 0 Å². The average molecular weight is 364 g/mol. The minimum atomic E-state index is 0.106. The third-order valence-electron chi connectivity index (χ3n) is 4.43. The van der Waals surface area contributed by atoms with Crippen molar-refractivity contribution in [3.8, 4) is 11.5 Å². The molecule has 1 aliphatic heterocycles. The van der Waals surface area contributed by atoms with Gasteiger partial charge in [0.1, 0.15) is 23.7 Å². The maximum atomic E-state index is 10.6. The number of aliphatic hydroxyl groups is 2. The monoisotopic (exact) mass is 364 g/mol. The van der Waals surface area contributed by atoms with E-state index in [9.17, 15) is 5.11 Å². The molecule has 1 aliphatic rings. The maximum absolute atomic E-state index is 10.6. The number of aliphatic hydroxyl groups excluding tert-OH is 2. The Kier molecular flexibility index (Phi) is 9.18. The Morgan fingerprint density at radius 2 is 1.69 bits per heavy atom. The van der Waals surface area contributed by atoms with Crippen LogP contribution < -0.4 is 9.47 Å². The standard InChI is InChI=1S/C21H32O5/c1-2-3-4-5-6-8-14-25-19-16-26-18-12-10-11-17(20(18)21(19)23)24-15-9-7-13-22/h10-12,22-23H,2-9,13-16H2,1H3. The molecule has 0 fully saturated rings. The summed E-state index contributed by atoms with van der Waals surface area (Å²) < 4.78 is 17.3. The van der Waals surface area contributed by atoms with E-state index in [0.29, 0.717) is 42.5 Å². The zero-order valence-electron chi connectivity index (χ0n) is 15.8. The predicted molar refractivity (Wildman–Crippen MR) is 103 cm³/mol. The molecule has 0 unspecified atom stereocenters. The Morgan fingerprint density at radius 3 is 2.50 bits per heavy atom. The van der Waals surface area contributed by atoms with E-state index in [2.05, 4.69) is 6.92 Å². The molecule has 2 rings (SSSR count). The number of hydrogen-bond donors (Lipinski definition) is 2. The van der Waals surface area contributed by atoms with Crippen molar-refractivity contribution in [1.29, 1.82) is 0 Å². The summed E-state index contributed by atoms with van der Waals surface area (Å²) in [5.74, 6) is 1.76. The minimum absolute atomic E-state index is 0.106. The molecule has 1 heterocycles. The smallest absolute Gasteiger partial charge is 0.176 e. The largest absolute Gasteiger partial charge is 0.504 e. The van der Waals surface area contributed by atoms with Gasteiger partial charge in [-0.3, -0.25) is 0 Å². The third-order valence-corrected chi connectivity index (χ3v) is 4.43. The van der Waals surface area contributed by atoms with Gasteiger partial charge in [0, 0.05) is 6.61 Å². The first kappa shape index (κ1) is 20.4. The van der Waals surface area contributed by atoms with Gasteiger partial charge in [0.15, 0.2) is 11.5 Å². The van der Waals surface area contributed by atoms with Gasteiger partial charge in [-0.1, -0.05) is 45.1 Å². The fourth-order valence-electron chi connectivity index (χ4n) is 2.92. The summed E-state index contributed by atoms with van der Waals surface area (Å²) in [6.07, 6.45) is 8.62. The van der Waals surface area contributed by atoms with Crippen LogP contribution in [0.15, 0.2) is 24.0 Å². The lowest BCUT2D eigenvalue weighted by molar-refractivity contribution is 0.153. The molecule has 0 amide bonds. The molecule has 5 nitrogen and oxygen atoms in total. The fourth-order valence-corrected chi connectivity index (χ4v) is 2.92. The van der Waals surface area contributed by atoms with E-state index in [1.807, 2.05) is 18.2 Å². The molecular weight excluding hydrogens is 332 g/mol. The third kappa shape index (κ3) is 6.13. The molecule has 0 radical (unpaired) electrons. The van der Waals surface area contributed by atoms with E-state index < -0.39 is 0 Å². The highest BCUT2D eigenvalue weighted by Crippen LogP contribution is 2.38. The molecule has 2 N–H and O–H groups in total. The highest BCUT2D eigenvalue weighted by atomic mass is 16.5. The molecule has 0 atom stereocenters. The Hall–Kier alpha value is -1.88. The first-order valence-corrected chi connectivity index (χ1v) is 9.82. The first-order valence-electron chi connectivity index (χ1n) is 9.82. The van der Waals surface area contributed by atoms with Crippen molar-refractivity contribution >= 4 is 5.76 Å². The Morgan fingerprint density at radius 1 is 0.962 bits per heavy atom. The van der Waals surface area contributed by atoms with Crippen LogP contribution in [0.3, 0.4) is 0 Å². The topological polar surface area (TPSA) is 68.2 Å². The molecule has 146 valence electrons. The lowest BCUT2D eigenvalue weighted by Crippen LogP contribution is -2.15. The summed E-state index contributed by atoms with van der Waals surface area (Å²) in [7, 11) is 0. The summed E-state index contributed by atoms with van der Waals surface area (Å²) in [5, 5.41) is 19.5. The fraction of sp³-hybridized carbons (Fsp3) is 0.619. The van der Waals surface area contributed by atoms with Crippen molar-refractivity contribution < 1.29 is 24.4 Å². The van der Waals surface area contributed by atoms with Crippen molar-refractivity contribution in [3.63, 3.8) is 0 Å². The van der Waals surface area contributed by atoms with E-state index in [-0.39, 0.29) is 19.0 Å². The Bertz CT molecular complexity index is 568. The van der Waals surface area contributed by atoms with E-state index in [0.717, 1.165) is 19.3 Å². The highest BCUT2D eigenvalue weighted by Gasteiger charge is 2.25. The van der Waals surface area contributed by atoms with Gasteiger partial charge in [-0.05, 0) is 31.4 Å². The molecule has 26 heavy (non-hydrogen) atoms. The Balaban J connectivity index is 1.90. The van der Waals surface area contributed by atoms with Crippen LogP contribution in [0.5, 0.6) is 11.5 Å². The van der Waals surface area contributed by atoms with E-state index in [1.54, 1.807) is 0 Å². The minimum Gasteiger partial charge on any atom is -0.504 e. The number of hydrogen-bond acceptors (Lipinski definition) is 5. The van der Waals surface area contributed by atoms with Crippen LogP contribution in [0.25, 0.3) is 5.76 Å². The van der Waals surface area contributed by atoms with Gasteiger partial charge in [0.25, 0.3) is 0 Å². The predicted octanol–water partition coefficient (Wildman–Crippen LogP) is 4.83. The lowest BCUT2D eigenvalue weighted by Gasteiger charge is -2.23. The van der Waals surface area contributed by atoms with Gasteiger partial charge in [-0.2, -0.15) is 0 Å². The number of rotatable bonds is 13. The van der Waals surface area contributed by atoms with Crippen molar-refractivity contribution in [2.24, 2.45) is 0 Å². The van der Waals surface area contributed by atoms with Crippen LogP contribution in [0.1, 0.15) is 63.9 Å². The van der Waals surface area contributed by atoms with Crippen molar-refractivity contribution in [3.05, 3.63) is 29.5 Å². The summed E-state index contributed by atoms with van der Waals surface area (Å²) in [6, 6.07) is 5.47. The second-order valence-corrected chi connectivity index (χ2v) is 6.59. The molecule has 1 aromatic rings. The van der Waals surface area contributed by atoms with Crippen LogP contribution in [-0.4, -0.2) is 36.6 Å². The van der Waals surface area contributed by atoms with E-state index >= 15 is 0 Å². The van der Waals surface area contributed by atoms with Gasteiger partial charge in [-0.15, -0.1) is 0 Å². The van der Waals surface area contributed by atoms with Crippen molar-refractivity contribution in [2.45, 2.75) is 58.3 Å². The summed E-state index contributed by atoms with van der Waals surface area (Å²) in [4.78, 5) is 0. The zero-order valence-corrected chi connectivity index (χ0v) is 15.8. The zero-order chi connectivity index (χ0) is 18.6. The summed E-state index contributed by atoms with van der Waals surface area (Å²) in [6.45, 7) is 3.68. The van der Waals surface area contributed by atoms with Gasteiger partial charge >= 0.3 is 0 Å². The molecule has 0 saturated carbocycles. The molecule has 0 saturated heterocycles. The summed E-state index contributed by atoms with van der Waals surface area (Å²) >= 11 is 0. The molecule has 1 aromatic carbocycles. The van der Waals surface area contributed by atoms with E-state index in [1.165, 1.54) is 25.7 Å². The van der Waals surface area contributed by atoms with Crippen LogP contribution in [0, 0.1) is 0 Å². The maximum Gasteiger partial charge on any atom is 0.176 e. The highest BCUT2D eigenvalue weighted by molar-refractivity contribution is 5.73.